The van der Waals surface area contributed by atoms with Crippen molar-refractivity contribution in [2.24, 2.45) is 17.4 Å². The minimum Gasteiger partial charge on any atom is -0.392 e. The highest BCUT2D eigenvalue weighted by Crippen LogP contribution is 2.39. The van der Waals surface area contributed by atoms with Gasteiger partial charge in [-0.3, -0.25) is 24.0 Å². The predicted octanol–water partition coefficient (Wildman–Crippen LogP) is 7.43. The minimum atomic E-state index is -1.24. The first-order chi connectivity index (χ1) is 36.0. The average Bonchev–Trinajstić information content (AvgIpc) is 4.28. The van der Waals surface area contributed by atoms with Gasteiger partial charge < -0.3 is 42.6 Å². The molecule has 20 nitrogen and oxygen atoms in total. The van der Waals surface area contributed by atoms with Gasteiger partial charge in [-0.25, -0.2) is 34.9 Å². The van der Waals surface area contributed by atoms with Crippen LogP contribution in [-0.4, -0.2) is 90.6 Å². The smallest absolute Gasteiger partial charge is 0.271 e. The van der Waals surface area contributed by atoms with Crippen LogP contribution >= 0.6 is 68.0 Å². The second-order valence-electron chi connectivity index (χ2n) is 16.9. The number of aryl methyl sites for hydroxylation is 1. The van der Waals surface area contributed by atoms with Crippen molar-refractivity contribution in [2.45, 2.75) is 58.0 Å². The summed E-state index contributed by atoms with van der Waals surface area (Å²) >= 11 is 7.50. The van der Waals surface area contributed by atoms with Crippen molar-refractivity contribution in [3.8, 4) is 43.4 Å². The first-order valence-electron chi connectivity index (χ1n) is 22.8. The zero-order chi connectivity index (χ0) is 53.5. The zero-order valence-corrected chi connectivity index (χ0v) is 45.7. The van der Waals surface area contributed by atoms with Crippen LogP contribution in [0, 0.1) is 12.8 Å². The van der Waals surface area contributed by atoms with Crippen LogP contribution in [0.3, 0.4) is 0 Å². The lowest BCUT2D eigenvalue weighted by Gasteiger charge is -2.23. The highest BCUT2D eigenvalue weighted by Gasteiger charge is 2.30. The molecule has 4 amide bonds. The summed E-state index contributed by atoms with van der Waals surface area (Å²) in [4.78, 5) is 98.9. The molecule has 388 valence electrons. The fourth-order valence-electron chi connectivity index (χ4n) is 7.24. The largest absolute Gasteiger partial charge is 0.392 e. The highest BCUT2D eigenvalue weighted by atomic mass is 32.1. The van der Waals surface area contributed by atoms with Crippen LogP contribution in [0.15, 0.2) is 76.3 Å². The minimum absolute atomic E-state index is 0.0738. The molecule has 26 heteroatoms. The number of aldehydes is 1. The molecule has 1 aromatic carbocycles. The molecule has 0 aliphatic heterocycles. The summed E-state index contributed by atoms with van der Waals surface area (Å²) in [7, 11) is 3.24. The van der Waals surface area contributed by atoms with Crippen molar-refractivity contribution in [3.05, 3.63) is 129 Å². The molecule has 9 N–H and O–H groups in total. The molecule has 8 aromatic rings. The molecule has 0 saturated heterocycles. The van der Waals surface area contributed by atoms with E-state index in [1.165, 1.54) is 75.1 Å². The van der Waals surface area contributed by atoms with E-state index in [2.05, 4.69) is 42.8 Å². The summed E-state index contributed by atoms with van der Waals surface area (Å²) in [5.41, 5.74) is 15.9. The van der Waals surface area contributed by atoms with Crippen LogP contribution in [0.5, 0.6) is 0 Å². The second-order valence-corrected chi connectivity index (χ2v) is 22.8. The quantitative estimate of drug-likeness (QED) is 0.0306. The van der Waals surface area contributed by atoms with Crippen molar-refractivity contribution in [3.63, 3.8) is 0 Å². The summed E-state index contributed by atoms with van der Waals surface area (Å²) < 4.78 is 5.31. The number of thiazole rings is 6. The normalized spacial score (nSPS) is 13.0. The molecule has 7 aromatic heterocycles. The van der Waals surface area contributed by atoms with Crippen molar-refractivity contribution >= 4 is 97.9 Å². The van der Waals surface area contributed by atoms with Gasteiger partial charge in [0.05, 0.1) is 35.8 Å². The van der Waals surface area contributed by atoms with E-state index in [9.17, 15) is 29.1 Å². The molecule has 0 aliphatic carbocycles. The topological polar surface area (TPSA) is 305 Å². The lowest BCUT2D eigenvalue weighted by molar-refractivity contribution is -0.121. The summed E-state index contributed by atoms with van der Waals surface area (Å²) in [6.07, 6.45) is -0.248. The number of primary amides is 1. The van der Waals surface area contributed by atoms with Crippen LogP contribution in [0.2, 0.25) is 0 Å². The summed E-state index contributed by atoms with van der Waals surface area (Å²) in [6.45, 7) is 9.43. The third-order valence-corrected chi connectivity index (χ3v) is 17.1. The molecule has 0 saturated carbocycles. The Hall–Kier alpha value is -6.88. The highest BCUT2D eigenvalue weighted by molar-refractivity contribution is 7.15. The van der Waals surface area contributed by atoms with E-state index in [-0.39, 0.29) is 29.6 Å². The molecule has 0 aliphatic rings. The van der Waals surface area contributed by atoms with E-state index in [4.69, 9.17) is 36.1 Å². The number of ether oxygens (including phenoxy) is 1. The van der Waals surface area contributed by atoms with Crippen molar-refractivity contribution in [1.29, 1.82) is 0 Å². The lowest BCUT2D eigenvalue weighted by Crippen LogP contribution is -2.40. The van der Waals surface area contributed by atoms with Gasteiger partial charge in [-0.1, -0.05) is 50.8 Å². The lowest BCUT2D eigenvalue weighted by atomic mass is 10.0. The zero-order valence-electron chi connectivity index (χ0n) is 40.8. The Balaban J connectivity index is 1.07. The SMILES string of the molecule is C=C(CC(NC(=O)c1csc(-c2ccc(-c3nc(C(N)=O)cs3)nc2-c2csc(-c3csc(C(NC(=O)CNC(=O)c4nc(C(N)C(C)C)sc4COC)C(O)c4ccccc4)n3)n2)n1)c1nc(C=O)c(C)s1)NC. The van der Waals surface area contributed by atoms with Crippen molar-refractivity contribution in [2.75, 3.05) is 20.7 Å². The number of hydrogen-bond donors (Lipinski definition) is 7. The number of hydrogen-bond acceptors (Lipinski definition) is 22. The summed E-state index contributed by atoms with van der Waals surface area (Å²) in [5, 5.41) is 32.9. The molecule has 8 rings (SSSR count). The monoisotopic (exact) mass is 1120 g/mol. The van der Waals surface area contributed by atoms with Gasteiger partial charge in [0.1, 0.15) is 82.0 Å². The average molecular weight is 1120 g/mol. The van der Waals surface area contributed by atoms with Crippen LogP contribution in [0.25, 0.3) is 43.4 Å². The van der Waals surface area contributed by atoms with Crippen LogP contribution < -0.4 is 32.7 Å². The Morgan fingerprint density at radius 2 is 1.49 bits per heavy atom. The summed E-state index contributed by atoms with van der Waals surface area (Å²) in [6, 6.07) is 10.3. The maximum Gasteiger partial charge on any atom is 0.271 e. The number of nitrogens with zero attached hydrogens (tertiary/aromatic N) is 7. The molecular formula is C49H49N13O7S6. The maximum absolute atomic E-state index is 13.9. The molecule has 0 spiro atoms. The molecule has 0 radical (unpaired) electrons. The number of nitrogens with two attached hydrogens (primary N) is 2. The molecule has 4 atom stereocenters. The molecule has 0 fully saturated rings. The van der Waals surface area contributed by atoms with Gasteiger partial charge in [0, 0.05) is 58.2 Å². The Morgan fingerprint density at radius 3 is 2.19 bits per heavy atom. The number of methoxy groups -OCH3 is 1. The van der Waals surface area contributed by atoms with Crippen LogP contribution in [0.1, 0.15) is 117 Å². The Labute approximate surface area is 453 Å². The fourth-order valence-corrected chi connectivity index (χ4v) is 12.7. The van der Waals surface area contributed by atoms with E-state index in [1.54, 1.807) is 71.9 Å². The Kier molecular flexibility index (Phi) is 17.5. The van der Waals surface area contributed by atoms with Gasteiger partial charge in [0.2, 0.25) is 5.91 Å². The first kappa shape index (κ1) is 54.4. The number of carbonyl (C=O) groups excluding carboxylic acids is 5. The third-order valence-electron chi connectivity index (χ3n) is 11.4. The van der Waals surface area contributed by atoms with Crippen LogP contribution in [0.4, 0.5) is 0 Å². The standard InChI is InChI=1S/C49H49N13O7S6/c1-22(2)36(50)48-62-38(34(75-48)17-69-6)43(68)53-15-35(64)61-39(40(65)25-10-8-7-9-11-25)49-60-33(21-73-49)46-57-30(18-71-46)37-26(12-13-27(54-37)45-58-31(19-72-45)41(51)66)44-59-32(20-70-44)42(67)55-28(14-23(3)52-5)47-56-29(16-63)24(4)74-47/h7-13,16,18-22,28,36,39-40,52,65H,3,14-15,17,50H2,1-2,4-6H3,(H2,51,66)(H,53,68)(H,55,67)(H,61,64). The Bertz CT molecular complexity index is 3380. The van der Waals surface area contributed by atoms with E-state index in [0.717, 1.165) is 4.88 Å². The van der Waals surface area contributed by atoms with Crippen LogP contribution in [-0.2, 0) is 16.1 Å². The maximum atomic E-state index is 13.9. The second kappa shape index (κ2) is 24.2. The third kappa shape index (κ3) is 12.6. The summed E-state index contributed by atoms with van der Waals surface area (Å²) in [5.74, 6) is -2.25. The number of aromatic nitrogens is 7. The predicted molar refractivity (Wildman–Crippen MR) is 292 cm³/mol. The number of carbonyl (C=O) groups is 5. The number of pyridine rings is 1. The number of nitrogens with one attached hydrogen (secondary N) is 4. The van der Waals surface area contributed by atoms with Crippen molar-refractivity contribution in [1.82, 2.24) is 56.2 Å². The molecule has 0 bridgehead atoms. The van der Waals surface area contributed by atoms with E-state index < -0.39 is 54.4 Å². The van der Waals surface area contributed by atoms with Gasteiger partial charge in [0.25, 0.3) is 17.7 Å². The van der Waals surface area contributed by atoms with E-state index in [1.807, 2.05) is 19.9 Å². The van der Waals surface area contributed by atoms with Gasteiger partial charge in [-0.2, -0.15) is 0 Å². The van der Waals surface area contributed by atoms with Gasteiger partial charge in [0.15, 0.2) is 6.29 Å². The number of aliphatic hydroxyl groups is 1. The van der Waals surface area contributed by atoms with E-state index >= 15 is 0 Å². The first-order valence-corrected chi connectivity index (χ1v) is 28.0. The number of amides is 4. The Morgan fingerprint density at radius 1 is 0.787 bits per heavy atom. The molecule has 4 unspecified atom stereocenters. The van der Waals surface area contributed by atoms with Crippen molar-refractivity contribution < 1.29 is 33.8 Å². The van der Waals surface area contributed by atoms with Gasteiger partial charge in [-0.15, -0.1) is 68.0 Å². The number of rotatable bonds is 23. The molecule has 7 heterocycles. The number of aliphatic hydroxyl groups excluding tert-OH is 1. The van der Waals surface area contributed by atoms with E-state index in [0.29, 0.717) is 92.9 Å². The molecule has 75 heavy (non-hydrogen) atoms. The fraction of sp³-hybridized carbons (Fsp3) is 0.265. The van der Waals surface area contributed by atoms with Gasteiger partial charge in [-0.05, 0) is 30.5 Å². The number of benzene rings is 1. The molecular weight excluding hydrogens is 1080 g/mol. The van der Waals surface area contributed by atoms with Gasteiger partial charge >= 0.3 is 0 Å².